The molecular formula is C15H16ClNO. The van der Waals surface area contributed by atoms with Crippen LogP contribution in [0.5, 0.6) is 0 Å². The minimum Gasteiger partial charge on any atom is -0.384 e. The van der Waals surface area contributed by atoms with Crippen molar-refractivity contribution in [1.29, 1.82) is 0 Å². The van der Waals surface area contributed by atoms with Crippen LogP contribution < -0.4 is 4.90 Å². The number of rotatable bonds is 3. The van der Waals surface area contributed by atoms with E-state index in [1.807, 2.05) is 55.4 Å². The molecule has 0 aliphatic rings. The molecule has 0 aromatic heterocycles. The van der Waals surface area contributed by atoms with Crippen molar-refractivity contribution in [2.24, 2.45) is 0 Å². The number of anilines is 1. The first-order valence-electron chi connectivity index (χ1n) is 5.79. The van der Waals surface area contributed by atoms with Gasteiger partial charge < -0.3 is 10.0 Å². The van der Waals surface area contributed by atoms with Gasteiger partial charge in [0.25, 0.3) is 0 Å². The van der Waals surface area contributed by atoms with Crippen molar-refractivity contribution in [2.45, 2.75) is 6.10 Å². The highest BCUT2D eigenvalue weighted by Crippen LogP contribution is 2.25. The first-order valence-corrected chi connectivity index (χ1v) is 6.16. The van der Waals surface area contributed by atoms with E-state index in [1.54, 1.807) is 12.1 Å². The Bertz CT molecular complexity index is 522. The summed E-state index contributed by atoms with van der Waals surface area (Å²) in [6.45, 7) is 0. The van der Waals surface area contributed by atoms with Crippen LogP contribution in [0.1, 0.15) is 17.2 Å². The molecule has 0 fully saturated rings. The highest BCUT2D eigenvalue weighted by Gasteiger charge is 2.10. The summed E-state index contributed by atoms with van der Waals surface area (Å²) in [7, 11) is 3.98. The summed E-state index contributed by atoms with van der Waals surface area (Å²) in [5.41, 5.74) is 2.78. The molecule has 1 atom stereocenters. The summed E-state index contributed by atoms with van der Waals surface area (Å²) < 4.78 is 0. The zero-order valence-electron chi connectivity index (χ0n) is 10.5. The van der Waals surface area contributed by atoms with E-state index in [4.69, 9.17) is 11.6 Å². The van der Waals surface area contributed by atoms with E-state index in [0.717, 1.165) is 16.8 Å². The third-order valence-corrected chi connectivity index (χ3v) is 3.12. The molecule has 2 aromatic rings. The second kappa shape index (κ2) is 5.42. The molecule has 0 amide bonds. The van der Waals surface area contributed by atoms with Crippen LogP contribution >= 0.6 is 11.6 Å². The average molecular weight is 262 g/mol. The Kier molecular flexibility index (Phi) is 3.90. The van der Waals surface area contributed by atoms with Crippen LogP contribution in [0.4, 0.5) is 5.69 Å². The van der Waals surface area contributed by atoms with Crippen LogP contribution in [0, 0.1) is 0 Å². The van der Waals surface area contributed by atoms with Gasteiger partial charge in [-0.15, -0.1) is 0 Å². The van der Waals surface area contributed by atoms with Gasteiger partial charge in [0.1, 0.15) is 6.10 Å². The fraction of sp³-hybridized carbons (Fsp3) is 0.200. The first kappa shape index (κ1) is 12.9. The molecule has 0 aliphatic heterocycles. The molecule has 3 heteroatoms. The molecule has 2 aromatic carbocycles. The van der Waals surface area contributed by atoms with E-state index in [9.17, 15) is 5.11 Å². The fourth-order valence-corrected chi connectivity index (χ4v) is 2.02. The summed E-state index contributed by atoms with van der Waals surface area (Å²) in [5, 5.41) is 10.9. The quantitative estimate of drug-likeness (QED) is 0.914. The van der Waals surface area contributed by atoms with Crippen molar-refractivity contribution in [3.63, 3.8) is 0 Å². The summed E-state index contributed by atoms with van der Waals surface area (Å²) in [5.74, 6) is 0. The van der Waals surface area contributed by atoms with Crippen LogP contribution in [-0.4, -0.2) is 19.2 Å². The normalized spacial score (nSPS) is 12.2. The van der Waals surface area contributed by atoms with E-state index in [1.165, 1.54) is 0 Å². The van der Waals surface area contributed by atoms with E-state index in [2.05, 4.69) is 0 Å². The zero-order chi connectivity index (χ0) is 13.1. The molecule has 0 aliphatic carbocycles. The maximum atomic E-state index is 10.3. The molecule has 0 spiro atoms. The predicted octanol–water partition coefficient (Wildman–Crippen LogP) is 3.49. The molecule has 94 valence electrons. The molecule has 0 saturated heterocycles. The van der Waals surface area contributed by atoms with Crippen molar-refractivity contribution in [3.8, 4) is 0 Å². The average Bonchev–Trinajstić information content (AvgIpc) is 2.38. The number of hydrogen-bond donors (Lipinski definition) is 1. The fourth-order valence-electron chi connectivity index (χ4n) is 1.82. The van der Waals surface area contributed by atoms with Crippen molar-refractivity contribution in [3.05, 3.63) is 64.7 Å². The Hall–Kier alpha value is -1.51. The number of benzene rings is 2. The third kappa shape index (κ3) is 2.84. The van der Waals surface area contributed by atoms with Gasteiger partial charge >= 0.3 is 0 Å². The summed E-state index contributed by atoms with van der Waals surface area (Å²) in [4.78, 5) is 2.02. The molecule has 0 bridgehead atoms. The van der Waals surface area contributed by atoms with Crippen LogP contribution in [-0.2, 0) is 0 Å². The lowest BCUT2D eigenvalue weighted by Crippen LogP contribution is -2.08. The van der Waals surface area contributed by atoms with Crippen LogP contribution in [0.15, 0.2) is 48.5 Å². The number of aliphatic hydroxyl groups excluding tert-OH is 1. The monoisotopic (exact) mass is 261 g/mol. The smallest absolute Gasteiger partial charge is 0.104 e. The van der Waals surface area contributed by atoms with Crippen molar-refractivity contribution in [2.75, 3.05) is 19.0 Å². The largest absolute Gasteiger partial charge is 0.384 e. The van der Waals surface area contributed by atoms with Crippen LogP contribution in [0.3, 0.4) is 0 Å². The summed E-state index contributed by atoms with van der Waals surface area (Å²) in [6.07, 6.45) is -0.639. The molecule has 0 saturated carbocycles. The molecule has 1 N–H and O–H groups in total. The van der Waals surface area contributed by atoms with Gasteiger partial charge in [-0.1, -0.05) is 35.9 Å². The lowest BCUT2D eigenvalue weighted by Gasteiger charge is -2.15. The van der Waals surface area contributed by atoms with Crippen LogP contribution in [0.25, 0.3) is 0 Å². The number of nitrogens with zero attached hydrogens (tertiary/aromatic N) is 1. The number of hydrogen-bond acceptors (Lipinski definition) is 2. The van der Waals surface area contributed by atoms with Crippen molar-refractivity contribution >= 4 is 17.3 Å². The number of halogens is 1. The van der Waals surface area contributed by atoms with Gasteiger partial charge in [0.05, 0.1) is 0 Å². The molecule has 2 rings (SSSR count). The topological polar surface area (TPSA) is 23.5 Å². The maximum absolute atomic E-state index is 10.3. The predicted molar refractivity (Wildman–Crippen MR) is 76.3 cm³/mol. The van der Waals surface area contributed by atoms with Crippen LogP contribution in [0.2, 0.25) is 5.02 Å². The first-order chi connectivity index (χ1) is 8.58. The maximum Gasteiger partial charge on any atom is 0.104 e. The van der Waals surface area contributed by atoms with Gasteiger partial charge in [-0.05, 0) is 35.4 Å². The van der Waals surface area contributed by atoms with Gasteiger partial charge in [0, 0.05) is 24.8 Å². The zero-order valence-corrected chi connectivity index (χ0v) is 11.2. The Morgan fingerprint density at radius 3 is 2.22 bits per heavy atom. The summed E-state index contributed by atoms with van der Waals surface area (Å²) >= 11 is 5.93. The van der Waals surface area contributed by atoms with Gasteiger partial charge in [0.15, 0.2) is 0 Å². The lowest BCUT2D eigenvalue weighted by atomic mass is 10.0. The minimum absolute atomic E-state index is 0.636. The molecule has 0 unspecified atom stereocenters. The minimum atomic E-state index is -0.639. The van der Waals surface area contributed by atoms with E-state index in [-0.39, 0.29) is 0 Å². The Balaban J connectivity index is 2.26. The Morgan fingerprint density at radius 2 is 1.67 bits per heavy atom. The van der Waals surface area contributed by atoms with Crippen molar-refractivity contribution < 1.29 is 5.11 Å². The molecular weight excluding hydrogens is 246 g/mol. The SMILES string of the molecule is CN(C)c1ccc([C@H](O)c2cccc(Cl)c2)cc1. The van der Waals surface area contributed by atoms with E-state index >= 15 is 0 Å². The number of aliphatic hydroxyl groups is 1. The second-order valence-electron chi connectivity index (χ2n) is 4.44. The molecule has 18 heavy (non-hydrogen) atoms. The van der Waals surface area contributed by atoms with Gasteiger partial charge in [-0.2, -0.15) is 0 Å². The van der Waals surface area contributed by atoms with Gasteiger partial charge in [-0.25, -0.2) is 0 Å². The third-order valence-electron chi connectivity index (χ3n) is 2.89. The molecule has 0 radical (unpaired) electrons. The Labute approximate surface area is 112 Å². The standard InChI is InChI=1S/C15H16ClNO/c1-17(2)14-8-6-11(7-9-14)15(18)12-4-3-5-13(16)10-12/h3-10,15,18H,1-2H3/t15-/m0/s1. The van der Waals surface area contributed by atoms with E-state index in [0.29, 0.717) is 5.02 Å². The van der Waals surface area contributed by atoms with Gasteiger partial charge in [0.2, 0.25) is 0 Å². The Morgan fingerprint density at radius 1 is 1.00 bits per heavy atom. The molecule has 0 heterocycles. The lowest BCUT2D eigenvalue weighted by molar-refractivity contribution is 0.220. The van der Waals surface area contributed by atoms with Gasteiger partial charge in [-0.3, -0.25) is 0 Å². The highest BCUT2D eigenvalue weighted by molar-refractivity contribution is 6.30. The summed E-state index contributed by atoms with van der Waals surface area (Å²) in [6, 6.07) is 15.1. The highest BCUT2D eigenvalue weighted by atomic mass is 35.5. The molecule has 2 nitrogen and oxygen atoms in total. The van der Waals surface area contributed by atoms with Crippen molar-refractivity contribution in [1.82, 2.24) is 0 Å². The van der Waals surface area contributed by atoms with E-state index < -0.39 is 6.10 Å². The second-order valence-corrected chi connectivity index (χ2v) is 4.88.